The molecule has 0 radical (unpaired) electrons. The number of ether oxygens (including phenoxy) is 2. The van der Waals surface area contributed by atoms with Crippen molar-refractivity contribution in [3.8, 4) is 28.7 Å². The molecule has 2 unspecified atom stereocenters. The van der Waals surface area contributed by atoms with Crippen molar-refractivity contribution in [1.29, 1.82) is 0 Å². The Bertz CT molecular complexity index is 1990. The first-order valence-electron chi connectivity index (χ1n) is 15.1. The second-order valence-electron chi connectivity index (χ2n) is 11.2. The molecule has 7 heteroatoms. The zero-order valence-electron chi connectivity index (χ0n) is 25.7. The maximum absolute atomic E-state index is 12.2. The topological polar surface area (TPSA) is 113 Å². The van der Waals surface area contributed by atoms with Gasteiger partial charge in [-0.2, -0.15) is 0 Å². The first-order chi connectivity index (χ1) is 21.7. The standard InChI is InChI=1S/C19H18O4.C19H18O3/c1-3-11(2)19(22)23-18-14-7-5-4-6-13(14)17(21)16-10-12(20)8-9-15(16)18;1-3-12(2)19(21)22-18-15-10-6-4-8-13(15)17(20)14-9-5-7-11-16(14)18/h4-11,20-21H,3H2,1-2H3;4-12,20H,3H2,1-2H3. The first-order valence-corrected chi connectivity index (χ1v) is 15.1. The van der Waals surface area contributed by atoms with Gasteiger partial charge in [-0.15, -0.1) is 0 Å². The molecule has 0 aromatic heterocycles. The van der Waals surface area contributed by atoms with E-state index in [-0.39, 0.29) is 41.0 Å². The SMILES string of the molecule is CCC(C)C(=O)Oc1c2ccccc2c(O)c2cc(O)ccc12.CCC(C)C(=O)Oc1c2ccccc2c(O)c2ccccc12. The fourth-order valence-corrected chi connectivity index (χ4v) is 5.12. The molecule has 3 N–H and O–H groups in total. The Kier molecular flexibility index (Phi) is 9.09. The van der Waals surface area contributed by atoms with Crippen LogP contribution in [0.2, 0.25) is 0 Å². The Morgan fingerprint density at radius 2 is 0.867 bits per heavy atom. The van der Waals surface area contributed by atoms with E-state index in [0.717, 1.165) is 17.2 Å². The molecular formula is C38H36O7. The molecule has 0 aliphatic rings. The number of carbonyl (C=O) groups excluding carboxylic acids is 2. The van der Waals surface area contributed by atoms with Gasteiger partial charge in [-0.3, -0.25) is 9.59 Å². The van der Waals surface area contributed by atoms with Gasteiger partial charge in [0, 0.05) is 43.1 Å². The Morgan fingerprint density at radius 3 is 1.24 bits per heavy atom. The highest BCUT2D eigenvalue weighted by Crippen LogP contribution is 2.44. The number of carbonyl (C=O) groups is 2. The van der Waals surface area contributed by atoms with Gasteiger partial charge < -0.3 is 24.8 Å². The highest BCUT2D eigenvalue weighted by molar-refractivity contribution is 6.13. The van der Waals surface area contributed by atoms with E-state index in [1.54, 1.807) is 24.3 Å². The molecule has 2 atom stereocenters. The number of phenolic OH excluding ortho intramolecular Hbond substituents is 3. The molecule has 0 bridgehead atoms. The van der Waals surface area contributed by atoms with E-state index in [0.29, 0.717) is 50.2 Å². The predicted molar refractivity (Wildman–Crippen MR) is 178 cm³/mol. The zero-order chi connectivity index (χ0) is 32.2. The van der Waals surface area contributed by atoms with Gasteiger partial charge in [0.15, 0.2) is 0 Å². The fourth-order valence-electron chi connectivity index (χ4n) is 5.12. The van der Waals surface area contributed by atoms with Gasteiger partial charge in [-0.25, -0.2) is 0 Å². The molecule has 6 aromatic rings. The van der Waals surface area contributed by atoms with Gasteiger partial charge in [-0.05, 0) is 31.0 Å². The number of aromatic hydroxyl groups is 3. The number of hydrogen-bond donors (Lipinski definition) is 3. The van der Waals surface area contributed by atoms with E-state index < -0.39 is 0 Å². The van der Waals surface area contributed by atoms with Crippen LogP contribution < -0.4 is 9.47 Å². The maximum Gasteiger partial charge on any atom is 0.314 e. The number of rotatable bonds is 6. The Hall–Kier alpha value is -5.30. The number of fused-ring (bicyclic) bond motifs is 4. The van der Waals surface area contributed by atoms with Crippen molar-refractivity contribution in [1.82, 2.24) is 0 Å². The fraction of sp³-hybridized carbons (Fsp3) is 0.211. The minimum atomic E-state index is -0.308. The molecule has 0 heterocycles. The molecule has 0 fully saturated rings. The van der Waals surface area contributed by atoms with Crippen LogP contribution in [0.3, 0.4) is 0 Å². The summed E-state index contributed by atoms with van der Waals surface area (Å²) in [5.74, 6) is 0.335. The smallest absolute Gasteiger partial charge is 0.314 e. The molecule has 6 rings (SSSR count). The monoisotopic (exact) mass is 604 g/mol. The Balaban J connectivity index is 0.000000178. The molecule has 0 saturated carbocycles. The average molecular weight is 605 g/mol. The maximum atomic E-state index is 12.2. The van der Waals surface area contributed by atoms with Gasteiger partial charge in [0.25, 0.3) is 0 Å². The van der Waals surface area contributed by atoms with Crippen molar-refractivity contribution in [2.75, 3.05) is 0 Å². The summed E-state index contributed by atoms with van der Waals surface area (Å²) < 4.78 is 11.4. The van der Waals surface area contributed by atoms with Gasteiger partial charge in [0.2, 0.25) is 0 Å². The van der Waals surface area contributed by atoms with Crippen LogP contribution in [0, 0.1) is 11.8 Å². The molecule has 0 saturated heterocycles. The molecule has 45 heavy (non-hydrogen) atoms. The number of hydrogen-bond acceptors (Lipinski definition) is 7. The highest BCUT2D eigenvalue weighted by Gasteiger charge is 2.21. The van der Waals surface area contributed by atoms with Crippen LogP contribution >= 0.6 is 0 Å². The molecule has 7 nitrogen and oxygen atoms in total. The summed E-state index contributed by atoms with van der Waals surface area (Å²) in [6.45, 7) is 7.56. The Labute approximate surface area is 261 Å². The third-order valence-electron chi connectivity index (χ3n) is 8.22. The Morgan fingerprint density at radius 1 is 0.533 bits per heavy atom. The van der Waals surface area contributed by atoms with Gasteiger partial charge in [-0.1, -0.05) is 100 Å². The number of benzene rings is 6. The molecule has 0 aliphatic heterocycles. The molecule has 230 valence electrons. The summed E-state index contributed by atoms with van der Waals surface area (Å²) in [5, 5.41) is 35.9. The summed E-state index contributed by atoms with van der Waals surface area (Å²) in [7, 11) is 0. The van der Waals surface area contributed by atoms with Crippen LogP contribution in [-0.2, 0) is 9.59 Å². The van der Waals surface area contributed by atoms with Gasteiger partial charge in [0.1, 0.15) is 28.7 Å². The lowest BCUT2D eigenvalue weighted by Crippen LogP contribution is -2.17. The molecular weight excluding hydrogens is 568 g/mol. The quantitative estimate of drug-likeness (QED) is 0.0988. The average Bonchev–Trinajstić information content (AvgIpc) is 3.07. The largest absolute Gasteiger partial charge is 0.508 e. The number of esters is 2. The first kappa shape index (κ1) is 31.1. The summed E-state index contributed by atoms with van der Waals surface area (Å²) >= 11 is 0. The lowest BCUT2D eigenvalue weighted by molar-refractivity contribution is -0.139. The van der Waals surface area contributed by atoms with E-state index in [1.807, 2.05) is 82.3 Å². The van der Waals surface area contributed by atoms with E-state index in [9.17, 15) is 24.9 Å². The van der Waals surface area contributed by atoms with Crippen molar-refractivity contribution in [2.24, 2.45) is 11.8 Å². The normalized spacial score (nSPS) is 12.4. The summed E-state index contributed by atoms with van der Waals surface area (Å²) in [6.07, 6.45) is 1.42. The van der Waals surface area contributed by atoms with E-state index >= 15 is 0 Å². The number of phenols is 3. The van der Waals surface area contributed by atoms with Gasteiger partial charge >= 0.3 is 11.9 Å². The van der Waals surface area contributed by atoms with E-state index in [4.69, 9.17) is 9.47 Å². The summed E-state index contributed by atoms with van der Waals surface area (Å²) in [4.78, 5) is 24.5. The van der Waals surface area contributed by atoms with Crippen LogP contribution in [0.15, 0.2) is 91.0 Å². The summed E-state index contributed by atoms with van der Waals surface area (Å²) in [6, 6.07) is 26.7. The molecule has 0 spiro atoms. The highest BCUT2D eigenvalue weighted by atomic mass is 16.5. The van der Waals surface area contributed by atoms with Crippen molar-refractivity contribution in [3.63, 3.8) is 0 Å². The van der Waals surface area contributed by atoms with Crippen LogP contribution in [0.5, 0.6) is 28.7 Å². The van der Waals surface area contributed by atoms with Gasteiger partial charge in [0.05, 0.1) is 11.8 Å². The predicted octanol–water partition coefficient (Wildman–Crippen LogP) is 9.01. The minimum Gasteiger partial charge on any atom is -0.508 e. The van der Waals surface area contributed by atoms with Crippen LogP contribution in [0.25, 0.3) is 43.1 Å². The summed E-state index contributed by atoms with van der Waals surface area (Å²) in [5.41, 5.74) is 0. The second kappa shape index (κ2) is 13.1. The second-order valence-corrected chi connectivity index (χ2v) is 11.2. The molecule has 0 aliphatic carbocycles. The van der Waals surface area contributed by atoms with E-state index in [1.165, 1.54) is 12.1 Å². The van der Waals surface area contributed by atoms with Crippen molar-refractivity contribution in [2.45, 2.75) is 40.5 Å². The molecule has 6 aromatic carbocycles. The third-order valence-corrected chi connectivity index (χ3v) is 8.22. The zero-order valence-corrected chi connectivity index (χ0v) is 25.7. The van der Waals surface area contributed by atoms with Crippen LogP contribution in [-0.4, -0.2) is 27.3 Å². The lowest BCUT2D eigenvalue weighted by Gasteiger charge is -2.15. The van der Waals surface area contributed by atoms with E-state index in [2.05, 4.69) is 0 Å². The van der Waals surface area contributed by atoms with Crippen molar-refractivity contribution < 1.29 is 34.4 Å². The van der Waals surface area contributed by atoms with Crippen LogP contribution in [0.4, 0.5) is 0 Å². The van der Waals surface area contributed by atoms with Crippen molar-refractivity contribution >= 4 is 55.0 Å². The van der Waals surface area contributed by atoms with Crippen LogP contribution in [0.1, 0.15) is 40.5 Å². The molecule has 0 amide bonds. The lowest BCUT2D eigenvalue weighted by atomic mass is 10.00. The third kappa shape index (κ3) is 6.07. The minimum absolute atomic E-state index is 0.0438. The van der Waals surface area contributed by atoms with Crippen molar-refractivity contribution in [3.05, 3.63) is 91.0 Å².